The van der Waals surface area contributed by atoms with Gasteiger partial charge in [-0.15, -0.1) is 0 Å². The maximum Gasteiger partial charge on any atom is 0.279 e. The van der Waals surface area contributed by atoms with Gasteiger partial charge in [0, 0.05) is 18.7 Å². The smallest absolute Gasteiger partial charge is 0.279 e. The first-order valence-electron chi connectivity index (χ1n) is 5.02. The summed E-state index contributed by atoms with van der Waals surface area (Å²) in [5.41, 5.74) is 0.426. The van der Waals surface area contributed by atoms with Crippen LogP contribution in [0.4, 0.5) is 11.4 Å². The highest BCUT2D eigenvalue weighted by Crippen LogP contribution is 2.29. The molecule has 0 aliphatic carbocycles. The summed E-state index contributed by atoms with van der Waals surface area (Å²) in [7, 11) is 0. The third kappa shape index (κ3) is 2.23. The van der Waals surface area contributed by atoms with Gasteiger partial charge in [0.15, 0.2) is 0 Å². The molecule has 0 atom stereocenters. The maximum absolute atomic E-state index is 10.9. The number of amides is 1. The topological polar surface area (TPSA) is 72.2 Å². The summed E-state index contributed by atoms with van der Waals surface area (Å²) >= 11 is 0. The molecule has 0 saturated heterocycles. The highest BCUT2D eigenvalue weighted by atomic mass is 16.6. The molecule has 0 radical (unpaired) electrons. The first-order chi connectivity index (χ1) is 8.08. The van der Waals surface area contributed by atoms with Crippen LogP contribution in [0.25, 0.3) is 10.8 Å². The number of nitrogens with zero attached hydrogens (tertiary/aromatic N) is 1. The average Bonchev–Trinajstić information content (AvgIpc) is 2.27. The number of anilines is 1. The van der Waals surface area contributed by atoms with Gasteiger partial charge in [-0.25, -0.2) is 0 Å². The standard InChI is InChI=1S/C12H10N2O3/c1-8(15)13-10-6-9-4-2-3-5-11(9)12(7-10)14(16)17/h2-7H,1H3,(H,13,15). The van der Waals surface area contributed by atoms with Crippen LogP contribution in [0, 0.1) is 10.1 Å². The SMILES string of the molecule is CC(=O)Nc1cc([N+](=O)[O-])c2ccccc2c1. The fourth-order valence-electron chi connectivity index (χ4n) is 1.72. The molecule has 0 aliphatic rings. The largest absolute Gasteiger partial charge is 0.326 e. The van der Waals surface area contributed by atoms with Gasteiger partial charge in [-0.1, -0.05) is 18.2 Å². The Morgan fingerprint density at radius 3 is 2.65 bits per heavy atom. The number of carbonyl (C=O) groups excluding carboxylic acids is 1. The fraction of sp³-hybridized carbons (Fsp3) is 0.0833. The molecule has 1 N–H and O–H groups in total. The highest BCUT2D eigenvalue weighted by Gasteiger charge is 2.13. The van der Waals surface area contributed by atoms with E-state index in [0.717, 1.165) is 5.39 Å². The van der Waals surface area contributed by atoms with Crippen LogP contribution < -0.4 is 5.32 Å². The lowest BCUT2D eigenvalue weighted by Gasteiger charge is -2.05. The number of non-ortho nitro benzene ring substituents is 1. The van der Waals surface area contributed by atoms with Crippen LogP contribution in [0.5, 0.6) is 0 Å². The number of nitro benzene ring substituents is 1. The Labute approximate surface area is 97.2 Å². The Hall–Kier alpha value is -2.43. The third-order valence-electron chi connectivity index (χ3n) is 2.36. The highest BCUT2D eigenvalue weighted by molar-refractivity contribution is 5.97. The summed E-state index contributed by atoms with van der Waals surface area (Å²) in [5, 5.41) is 14.8. The predicted octanol–water partition coefficient (Wildman–Crippen LogP) is 2.71. The molecule has 2 rings (SSSR count). The van der Waals surface area contributed by atoms with Crippen molar-refractivity contribution in [2.75, 3.05) is 5.32 Å². The second kappa shape index (κ2) is 4.21. The zero-order valence-corrected chi connectivity index (χ0v) is 9.14. The number of fused-ring (bicyclic) bond motifs is 1. The molecule has 5 nitrogen and oxygen atoms in total. The summed E-state index contributed by atoms with van der Waals surface area (Å²) in [6, 6.07) is 10.1. The number of hydrogen-bond donors (Lipinski definition) is 1. The zero-order valence-electron chi connectivity index (χ0n) is 9.14. The average molecular weight is 230 g/mol. The van der Waals surface area contributed by atoms with Crippen LogP contribution in [-0.2, 0) is 4.79 Å². The van der Waals surface area contributed by atoms with E-state index in [-0.39, 0.29) is 11.6 Å². The third-order valence-corrected chi connectivity index (χ3v) is 2.36. The van der Waals surface area contributed by atoms with Gasteiger partial charge in [0.05, 0.1) is 10.3 Å². The molecule has 1 amide bonds. The van der Waals surface area contributed by atoms with Crippen LogP contribution >= 0.6 is 0 Å². The first-order valence-corrected chi connectivity index (χ1v) is 5.02. The van der Waals surface area contributed by atoms with Gasteiger partial charge >= 0.3 is 0 Å². The van der Waals surface area contributed by atoms with Crippen LogP contribution in [0.15, 0.2) is 36.4 Å². The minimum Gasteiger partial charge on any atom is -0.326 e. The van der Waals surface area contributed by atoms with Gasteiger partial charge in [0.2, 0.25) is 5.91 Å². The number of rotatable bonds is 2. The lowest BCUT2D eigenvalue weighted by molar-refractivity contribution is -0.383. The molecule has 0 aromatic heterocycles. The van der Waals surface area contributed by atoms with Crippen molar-refractivity contribution in [3.05, 3.63) is 46.5 Å². The molecule has 2 aromatic rings. The molecule has 0 unspecified atom stereocenters. The Kier molecular flexibility index (Phi) is 2.74. The van der Waals surface area contributed by atoms with E-state index in [1.807, 2.05) is 0 Å². The molecule has 0 bridgehead atoms. The van der Waals surface area contributed by atoms with E-state index in [1.54, 1.807) is 30.3 Å². The van der Waals surface area contributed by atoms with E-state index in [2.05, 4.69) is 5.32 Å². The van der Waals surface area contributed by atoms with Crippen molar-refractivity contribution in [3.63, 3.8) is 0 Å². The summed E-state index contributed by atoms with van der Waals surface area (Å²) in [4.78, 5) is 21.4. The Bertz CT molecular complexity index is 608. The van der Waals surface area contributed by atoms with Crippen molar-refractivity contribution < 1.29 is 9.72 Å². The predicted molar refractivity (Wildman–Crippen MR) is 64.9 cm³/mol. The number of nitrogens with one attached hydrogen (secondary N) is 1. The monoisotopic (exact) mass is 230 g/mol. The van der Waals surface area contributed by atoms with Gasteiger partial charge in [-0.2, -0.15) is 0 Å². The van der Waals surface area contributed by atoms with Gasteiger partial charge in [0.25, 0.3) is 5.69 Å². The van der Waals surface area contributed by atoms with E-state index in [9.17, 15) is 14.9 Å². The van der Waals surface area contributed by atoms with Crippen molar-refractivity contribution in [1.29, 1.82) is 0 Å². The lowest BCUT2D eigenvalue weighted by atomic mass is 10.1. The van der Waals surface area contributed by atoms with Gasteiger partial charge in [-0.3, -0.25) is 14.9 Å². The number of hydrogen-bond acceptors (Lipinski definition) is 3. The van der Waals surface area contributed by atoms with Crippen molar-refractivity contribution >= 4 is 28.1 Å². The van der Waals surface area contributed by atoms with E-state index in [4.69, 9.17) is 0 Å². The molecule has 0 saturated carbocycles. The maximum atomic E-state index is 10.9. The van der Waals surface area contributed by atoms with Crippen LogP contribution in [-0.4, -0.2) is 10.8 Å². The number of carbonyl (C=O) groups is 1. The molecule has 2 aromatic carbocycles. The quantitative estimate of drug-likeness (QED) is 0.636. The van der Waals surface area contributed by atoms with Crippen molar-refractivity contribution in [2.45, 2.75) is 6.92 Å². The Balaban J connectivity index is 2.67. The Morgan fingerprint density at radius 1 is 1.29 bits per heavy atom. The minimum atomic E-state index is -0.451. The van der Waals surface area contributed by atoms with Crippen LogP contribution in [0.3, 0.4) is 0 Å². The van der Waals surface area contributed by atoms with E-state index in [0.29, 0.717) is 11.1 Å². The summed E-state index contributed by atoms with van der Waals surface area (Å²) in [5.74, 6) is -0.255. The number of nitro groups is 1. The number of benzene rings is 2. The normalized spacial score (nSPS) is 10.2. The summed E-state index contributed by atoms with van der Waals surface area (Å²) in [6.45, 7) is 1.36. The lowest BCUT2D eigenvalue weighted by Crippen LogP contribution is -2.06. The molecule has 0 heterocycles. The molecular formula is C12H10N2O3. The first kappa shape index (κ1) is 11.1. The molecule has 5 heteroatoms. The van der Waals surface area contributed by atoms with Crippen molar-refractivity contribution in [1.82, 2.24) is 0 Å². The molecule has 0 fully saturated rings. The van der Waals surface area contributed by atoms with Crippen molar-refractivity contribution in [2.24, 2.45) is 0 Å². The second-order valence-corrected chi connectivity index (χ2v) is 3.65. The molecule has 17 heavy (non-hydrogen) atoms. The molecule has 0 aliphatic heterocycles. The van der Waals surface area contributed by atoms with Crippen molar-refractivity contribution in [3.8, 4) is 0 Å². The van der Waals surface area contributed by atoms with Gasteiger partial charge in [0.1, 0.15) is 0 Å². The summed E-state index contributed by atoms with van der Waals surface area (Å²) in [6.07, 6.45) is 0. The summed E-state index contributed by atoms with van der Waals surface area (Å²) < 4.78 is 0. The van der Waals surface area contributed by atoms with Crippen LogP contribution in [0.2, 0.25) is 0 Å². The Morgan fingerprint density at radius 2 is 2.00 bits per heavy atom. The second-order valence-electron chi connectivity index (χ2n) is 3.65. The molecule has 86 valence electrons. The van der Waals surface area contributed by atoms with E-state index < -0.39 is 4.92 Å². The van der Waals surface area contributed by atoms with Gasteiger partial charge in [-0.05, 0) is 17.5 Å². The van der Waals surface area contributed by atoms with Gasteiger partial charge < -0.3 is 5.32 Å². The zero-order chi connectivity index (χ0) is 12.4. The van der Waals surface area contributed by atoms with E-state index in [1.165, 1.54) is 13.0 Å². The minimum absolute atomic E-state index is 0.00755. The fourth-order valence-corrected chi connectivity index (χ4v) is 1.72. The molecular weight excluding hydrogens is 220 g/mol. The van der Waals surface area contributed by atoms with E-state index >= 15 is 0 Å². The molecule has 0 spiro atoms. The van der Waals surface area contributed by atoms with Crippen LogP contribution in [0.1, 0.15) is 6.92 Å².